The number of nitrogens with one attached hydrogen (secondary N) is 2. The van der Waals surface area contributed by atoms with Gasteiger partial charge in [-0.15, -0.1) is 0 Å². The smallest absolute Gasteiger partial charge is 0.330 e. The molecule has 156 valence electrons. The molecule has 29 heavy (non-hydrogen) atoms. The molecular formula is C21H29N5O2S. The van der Waals surface area contributed by atoms with Crippen molar-refractivity contribution >= 4 is 28.8 Å². The van der Waals surface area contributed by atoms with Gasteiger partial charge in [-0.25, -0.2) is 4.79 Å². The molecule has 1 aromatic carbocycles. The molecule has 0 saturated heterocycles. The summed E-state index contributed by atoms with van der Waals surface area (Å²) in [6.07, 6.45) is 4.62. The second kappa shape index (κ2) is 9.26. The van der Waals surface area contributed by atoms with Gasteiger partial charge in [0.15, 0.2) is 10.8 Å². The summed E-state index contributed by atoms with van der Waals surface area (Å²) in [6.45, 7) is 4.86. The van der Waals surface area contributed by atoms with Gasteiger partial charge in [-0.05, 0) is 43.5 Å². The first kappa shape index (κ1) is 21.1. The van der Waals surface area contributed by atoms with Crippen LogP contribution in [0, 0.1) is 5.92 Å². The van der Waals surface area contributed by atoms with E-state index >= 15 is 0 Å². The maximum atomic E-state index is 12.6. The van der Waals surface area contributed by atoms with E-state index in [9.17, 15) is 9.59 Å². The van der Waals surface area contributed by atoms with Gasteiger partial charge in [0.1, 0.15) is 5.82 Å². The van der Waals surface area contributed by atoms with Crippen molar-refractivity contribution in [3.8, 4) is 0 Å². The van der Waals surface area contributed by atoms with Crippen LogP contribution in [0.5, 0.6) is 0 Å². The highest BCUT2D eigenvalue weighted by Crippen LogP contribution is 2.25. The minimum atomic E-state index is -0.532. The van der Waals surface area contributed by atoms with Crippen LogP contribution in [0.15, 0.2) is 39.9 Å². The third-order valence-electron chi connectivity index (χ3n) is 5.65. The van der Waals surface area contributed by atoms with Gasteiger partial charge in [-0.1, -0.05) is 50.1 Å². The Kier molecular flexibility index (Phi) is 6.74. The number of hydrogen-bond acceptors (Lipinski definition) is 4. The fourth-order valence-corrected chi connectivity index (χ4v) is 4.30. The maximum Gasteiger partial charge on any atom is 0.330 e. The molecule has 4 N–H and O–H groups in total. The zero-order valence-electron chi connectivity index (χ0n) is 17.0. The predicted molar refractivity (Wildman–Crippen MR) is 121 cm³/mol. The Morgan fingerprint density at radius 1 is 1.28 bits per heavy atom. The number of aromatic nitrogens is 2. The van der Waals surface area contributed by atoms with Crippen LogP contribution in [0.1, 0.15) is 45.1 Å². The molecule has 0 aliphatic heterocycles. The topological polar surface area (TPSA) is 96.2 Å². The first-order valence-corrected chi connectivity index (χ1v) is 10.6. The SMILES string of the molecule is CCN(C(=S)N[C@H]1CCCC[C@@H]1C)c1c(N)n(Cc2ccccc2)c(=O)[nH]c1=O. The molecule has 1 aliphatic carbocycles. The summed E-state index contributed by atoms with van der Waals surface area (Å²) in [6, 6.07) is 9.79. The standard InChI is InChI=1S/C21H29N5O2S/c1-3-25(21(29)23-16-12-8-7-9-14(16)2)17-18(22)26(20(28)24-19(17)27)13-15-10-5-4-6-11-15/h4-6,10-11,14,16H,3,7-9,12-13,22H2,1-2H3,(H,23,29)(H,24,27,28)/t14-,16-/m0/s1. The third-order valence-corrected chi connectivity index (χ3v) is 5.99. The Morgan fingerprint density at radius 3 is 2.62 bits per heavy atom. The number of hydrogen-bond donors (Lipinski definition) is 3. The van der Waals surface area contributed by atoms with Crippen molar-refractivity contribution in [3.63, 3.8) is 0 Å². The molecule has 2 aromatic rings. The Labute approximate surface area is 175 Å². The number of aromatic amines is 1. The summed E-state index contributed by atoms with van der Waals surface area (Å²) in [5.41, 5.74) is 6.39. The molecule has 1 saturated carbocycles. The molecule has 0 amide bonds. The van der Waals surface area contributed by atoms with Crippen molar-refractivity contribution in [2.75, 3.05) is 17.2 Å². The van der Waals surface area contributed by atoms with Gasteiger partial charge in [0.05, 0.1) is 6.54 Å². The highest BCUT2D eigenvalue weighted by atomic mass is 32.1. The van der Waals surface area contributed by atoms with Crippen molar-refractivity contribution in [1.82, 2.24) is 14.9 Å². The van der Waals surface area contributed by atoms with Crippen LogP contribution in [0.2, 0.25) is 0 Å². The Bertz CT molecular complexity index is 969. The highest BCUT2D eigenvalue weighted by molar-refractivity contribution is 7.80. The van der Waals surface area contributed by atoms with Crippen LogP contribution in [0.4, 0.5) is 11.5 Å². The summed E-state index contributed by atoms with van der Waals surface area (Å²) in [5.74, 6) is 0.633. The predicted octanol–water partition coefficient (Wildman–Crippen LogP) is 2.45. The molecule has 1 fully saturated rings. The van der Waals surface area contributed by atoms with Crippen LogP contribution < -0.4 is 27.2 Å². The number of H-pyrrole nitrogens is 1. The van der Waals surface area contributed by atoms with Crippen LogP contribution >= 0.6 is 12.2 Å². The zero-order chi connectivity index (χ0) is 21.0. The fraction of sp³-hybridized carbons (Fsp3) is 0.476. The lowest BCUT2D eigenvalue weighted by atomic mass is 9.86. The lowest BCUT2D eigenvalue weighted by Crippen LogP contribution is -2.50. The molecule has 0 radical (unpaired) electrons. The Hall–Kier alpha value is -2.61. The number of anilines is 2. The second-order valence-electron chi connectivity index (χ2n) is 7.63. The lowest BCUT2D eigenvalue weighted by Gasteiger charge is -2.34. The van der Waals surface area contributed by atoms with Gasteiger partial charge in [-0.2, -0.15) is 0 Å². The van der Waals surface area contributed by atoms with Gasteiger partial charge < -0.3 is 16.0 Å². The van der Waals surface area contributed by atoms with Gasteiger partial charge in [-0.3, -0.25) is 14.3 Å². The number of rotatable bonds is 5. The summed E-state index contributed by atoms with van der Waals surface area (Å²) < 4.78 is 1.38. The molecule has 3 rings (SSSR count). The van der Waals surface area contributed by atoms with Gasteiger partial charge >= 0.3 is 5.69 Å². The molecule has 1 heterocycles. The Balaban J connectivity index is 1.92. The van der Waals surface area contributed by atoms with E-state index in [0.717, 1.165) is 18.4 Å². The minimum absolute atomic E-state index is 0.116. The van der Waals surface area contributed by atoms with Gasteiger partial charge in [0.25, 0.3) is 5.56 Å². The summed E-state index contributed by atoms with van der Waals surface area (Å²) >= 11 is 5.63. The van der Waals surface area contributed by atoms with Gasteiger partial charge in [0.2, 0.25) is 0 Å². The van der Waals surface area contributed by atoms with Crippen molar-refractivity contribution in [1.29, 1.82) is 0 Å². The van der Waals surface area contributed by atoms with E-state index in [1.54, 1.807) is 4.90 Å². The van der Waals surface area contributed by atoms with Crippen LogP contribution in [-0.2, 0) is 6.54 Å². The number of nitrogens with two attached hydrogens (primary N) is 1. The molecule has 2 atom stereocenters. The van der Waals surface area contributed by atoms with E-state index in [0.29, 0.717) is 17.6 Å². The summed E-state index contributed by atoms with van der Waals surface area (Å²) in [5, 5.41) is 3.88. The minimum Gasteiger partial charge on any atom is -0.383 e. The largest absolute Gasteiger partial charge is 0.383 e. The maximum absolute atomic E-state index is 12.6. The van der Waals surface area contributed by atoms with Crippen LogP contribution in [0.3, 0.4) is 0 Å². The average Bonchev–Trinajstić information content (AvgIpc) is 2.70. The molecule has 0 spiro atoms. The summed E-state index contributed by atoms with van der Waals surface area (Å²) in [7, 11) is 0. The van der Waals surface area contributed by atoms with E-state index < -0.39 is 11.2 Å². The normalized spacial score (nSPS) is 19.0. The third kappa shape index (κ3) is 4.70. The van der Waals surface area contributed by atoms with E-state index in [1.165, 1.54) is 17.4 Å². The fourth-order valence-electron chi connectivity index (χ4n) is 3.93. The number of benzene rings is 1. The quantitative estimate of drug-likeness (QED) is 0.649. The first-order valence-electron chi connectivity index (χ1n) is 10.2. The molecular weight excluding hydrogens is 386 g/mol. The molecule has 0 bridgehead atoms. The monoisotopic (exact) mass is 415 g/mol. The molecule has 1 aliphatic rings. The Morgan fingerprint density at radius 2 is 1.97 bits per heavy atom. The van der Waals surface area contributed by atoms with E-state index in [1.807, 2.05) is 37.3 Å². The molecule has 8 heteroatoms. The van der Waals surface area contributed by atoms with Crippen molar-refractivity contribution in [2.24, 2.45) is 5.92 Å². The zero-order valence-corrected chi connectivity index (χ0v) is 17.8. The van der Waals surface area contributed by atoms with Crippen LogP contribution in [-0.4, -0.2) is 27.3 Å². The molecule has 7 nitrogen and oxygen atoms in total. The molecule has 0 unspecified atom stereocenters. The number of nitrogen functional groups attached to an aromatic ring is 1. The van der Waals surface area contributed by atoms with Crippen LogP contribution in [0.25, 0.3) is 0 Å². The van der Waals surface area contributed by atoms with Gasteiger partial charge in [0, 0.05) is 12.6 Å². The number of thiocarbonyl (C=S) groups is 1. The average molecular weight is 416 g/mol. The van der Waals surface area contributed by atoms with E-state index in [2.05, 4.69) is 17.2 Å². The van der Waals surface area contributed by atoms with Crippen molar-refractivity contribution in [3.05, 3.63) is 56.7 Å². The second-order valence-corrected chi connectivity index (χ2v) is 8.01. The highest BCUT2D eigenvalue weighted by Gasteiger charge is 2.26. The van der Waals surface area contributed by atoms with E-state index in [4.69, 9.17) is 18.0 Å². The van der Waals surface area contributed by atoms with Crippen molar-refractivity contribution in [2.45, 2.75) is 52.1 Å². The molecule has 1 aromatic heterocycles. The number of nitrogens with zero attached hydrogens (tertiary/aromatic N) is 2. The first-order chi connectivity index (χ1) is 13.9. The van der Waals surface area contributed by atoms with E-state index in [-0.39, 0.29) is 24.1 Å². The van der Waals surface area contributed by atoms with Crippen molar-refractivity contribution < 1.29 is 0 Å². The lowest BCUT2D eigenvalue weighted by molar-refractivity contribution is 0.309. The summed E-state index contributed by atoms with van der Waals surface area (Å²) in [4.78, 5) is 29.1.